The minimum atomic E-state index is 0.0803. The molecule has 4 heteroatoms. The molecule has 3 rings (SSSR count). The molecule has 1 aromatic carbocycles. The molecule has 2 saturated heterocycles. The molecule has 1 unspecified atom stereocenters. The Hall–Kier alpha value is -1.55. The zero-order valence-corrected chi connectivity index (χ0v) is 11.1. The number of nitrogens with one attached hydrogen (secondary N) is 1. The second-order valence-corrected chi connectivity index (χ2v) is 5.81. The van der Waals surface area contributed by atoms with E-state index in [4.69, 9.17) is 0 Å². The van der Waals surface area contributed by atoms with E-state index in [1.165, 1.54) is 19.3 Å². The molecule has 4 nitrogen and oxygen atoms in total. The van der Waals surface area contributed by atoms with E-state index < -0.39 is 0 Å². The first-order valence-electron chi connectivity index (χ1n) is 6.96. The van der Waals surface area contributed by atoms with Crippen molar-refractivity contribution >= 4 is 12.0 Å². The summed E-state index contributed by atoms with van der Waals surface area (Å²) in [6.07, 6.45) is 4.41. The third kappa shape index (κ3) is 2.32. The van der Waals surface area contributed by atoms with Crippen molar-refractivity contribution in [2.24, 2.45) is 5.41 Å². The van der Waals surface area contributed by atoms with Gasteiger partial charge in [-0.15, -0.1) is 0 Å². The predicted octanol–water partition coefficient (Wildman–Crippen LogP) is 1.78. The van der Waals surface area contributed by atoms with Crippen LogP contribution in [-0.2, 0) is 0 Å². The molecule has 2 aliphatic rings. The molecule has 2 heterocycles. The maximum atomic E-state index is 10.7. The van der Waals surface area contributed by atoms with Crippen molar-refractivity contribution in [3.05, 3.63) is 23.8 Å². The number of hydrogen-bond donors (Lipinski definition) is 2. The molecular weight excluding hydrogens is 240 g/mol. The zero-order chi connectivity index (χ0) is 13.3. The summed E-state index contributed by atoms with van der Waals surface area (Å²) in [7, 11) is 0. The predicted molar refractivity (Wildman–Crippen MR) is 74.9 cm³/mol. The summed E-state index contributed by atoms with van der Waals surface area (Å²) < 4.78 is 0. The second-order valence-electron chi connectivity index (χ2n) is 5.81. The Morgan fingerprint density at radius 3 is 2.95 bits per heavy atom. The number of carbonyl (C=O) groups is 1. The topological polar surface area (TPSA) is 52.6 Å². The first kappa shape index (κ1) is 12.5. The van der Waals surface area contributed by atoms with Crippen molar-refractivity contribution in [2.45, 2.75) is 19.3 Å². The summed E-state index contributed by atoms with van der Waals surface area (Å²) in [5.41, 5.74) is 1.78. The third-order valence-corrected chi connectivity index (χ3v) is 4.50. The Morgan fingerprint density at radius 1 is 1.37 bits per heavy atom. The smallest absolute Gasteiger partial charge is 0.153 e. The Balaban J connectivity index is 1.81. The second kappa shape index (κ2) is 4.85. The maximum absolute atomic E-state index is 10.7. The third-order valence-electron chi connectivity index (χ3n) is 4.50. The number of aromatic hydroxyl groups is 1. The molecule has 0 aliphatic carbocycles. The molecule has 1 atom stereocenters. The van der Waals surface area contributed by atoms with E-state index >= 15 is 0 Å². The van der Waals surface area contributed by atoms with Crippen LogP contribution >= 0.6 is 0 Å². The van der Waals surface area contributed by atoms with Crippen molar-refractivity contribution in [2.75, 3.05) is 31.1 Å². The van der Waals surface area contributed by atoms with E-state index in [1.54, 1.807) is 12.1 Å². The lowest BCUT2D eigenvalue weighted by Gasteiger charge is -2.41. The van der Waals surface area contributed by atoms with Gasteiger partial charge in [-0.2, -0.15) is 0 Å². The van der Waals surface area contributed by atoms with Gasteiger partial charge in [0.05, 0.1) is 5.56 Å². The standard InChI is InChI=1S/C15H20N2O2/c18-9-12-2-3-13(8-14(12)19)17-7-1-4-15(11-17)5-6-16-10-15/h2-3,8-9,16,19H,1,4-7,10-11H2. The molecule has 2 fully saturated rings. The Labute approximate surface area is 113 Å². The SMILES string of the molecule is O=Cc1ccc(N2CCCC3(CCNC3)C2)cc1O. The average Bonchev–Trinajstić information content (AvgIpc) is 2.86. The molecular formula is C15H20N2O2. The summed E-state index contributed by atoms with van der Waals surface area (Å²) in [4.78, 5) is 13.1. The minimum Gasteiger partial charge on any atom is -0.507 e. The molecule has 0 bridgehead atoms. The number of aldehydes is 1. The van der Waals surface area contributed by atoms with Crippen molar-refractivity contribution in [3.63, 3.8) is 0 Å². The fourth-order valence-corrected chi connectivity index (χ4v) is 3.40. The van der Waals surface area contributed by atoms with Gasteiger partial charge in [-0.3, -0.25) is 4.79 Å². The Morgan fingerprint density at radius 2 is 2.26 bits per heavy atom. The largest absolute Gasteiger partial charge is 0.507 e. The highest BCUT2D eigenvalue weighted by Gasteiger charge is 2.38. The molecule has 0 saturated carbocycles. The van der Waals surface area contributed by atoms with E-state index in [1.807, 2.05) is 6.07 Å². The normalized spacial score (nSPS) is 26.8. The number of rotatable bonds is 2. The summed E-state index contributed by atoms with van der Waals surface area (Å²) in [5, 5.41) is 13.3. The van der Waals surface area contributed by atoms with E-state index in [-0.39, 0.29) is 5.75 Å². The van der Waals surface area contributed by atoms with Gasteiger partial charge in [0.25, 0.3) is 0 Å². The minimum absolute atomic E-state index is 0.0803. The van der Waals surface area contributed by atoms with Gasteiger partial charge in [0.1, 0.15) is 5.75 Å². The van der Waals surface area contributed by atoms with Gasteiger partial charge >= 0.3 is 0 Å². The van der Waals surface area contributed by atoms with Gasteiger partial charge < -0.3 is 15.3 Å². The van der Waals surface area contributed by atoms with Crippen LogP contribution in [0.2, 0.25) is 0 Å². The number of carbonyl (C=O) groups excluding carboxylic acids is 1. The van der Waals surface area contributed by atoms with Crippen molar-refractivity contribution in [3.8, 4) is 5.75 Å². The van der Waals surface area contributed by atoms with E-state index in [0.29, 0.717) is 17.3 Å². The summed E-state index contributed by atoms with van der Waals surface area (Å²) in [6.45, 7) is 4.28. The van der Waals surface area contributed by atoms with E-state index in [0.717, 1.165) is 31.9 Å². The molecule has 1 aromatic rings. The van der Waals surface area contributed by atoms with Gasteiger partial charge in [0, 0.05) is 36.8 Å². The summed E-state index contributed by atoms with van der Waals surface area (Å²) in [6, 6.07) is 5.35. The lowest BCUT2D eigenvalue weighted by Crippen LogP contribution is -2.44. The molecule has 2 N–H and O–H groups in total. The van der Waals surface area contributed by atoms with Crippen molar-refractivity contribution in [1.82, 2.24) is 5.32 Å². The fourth-order valence-electron chi connectivity index (χ4n) is 3.40. The molecule has 102 valence electrons. The number of benzene rings is 1. The Kier molecular flexibility index (Phi) is 3.19. The quantitative estimate of drug-likeness (QED) is 0.796. The van der Waals surface area contributed by atoms with Gasteiger partial charge in [0.15, 0.2) is 6.29 Å². The van der Waals surface area contributed by atoms with Crippen LogP contribution in [0.3, 0.4) is 0 Å². The van der Waals surface area contributed by atoms with E-state index in [9.17, 15) is 9.90 Å². The van der Waals surface area contributed by atoms with Crippen LogP contribution in [0.1, 0.15) is 29.6 Å². The molecule has 19 heavy (non-hydrogen) atoms. The van der Waals surface area contributed by atoms with Gasteiger partial charge in [-0.25, -0.2) is 0 Å². The van der Waals surface area contributed by atoms with Gasteiger partial charge in [0.2, 0.25) is 0 Å². The highest BCUT2D eigenvalue weighted by molar-refractivity contribution is 5.80. The fraction of sp³-hybridized carbons (Fsp3) is 0.533. The molecule has 2 aliphatic heterocycles. The van der Waals surface area contributed by atoms with Crippen molar-refractivity contribution in [1.29, 1.82) is 0 Å². The maximum Gasteiger partial charge on any atom is 0.153 e. The van der Waals surface area contributed by atoms with Crippen LogP contribution < -0.4 is 10.2 Å². The van der Waals surface area contributed by atoms with Crippen LogP contribution in [0.25, 0.3) is 0 Å². The molecule has 0 aromatic heterocycles. The molecule has 0 radical (unpaired) electrons. The number of hydrogen-bond acceptors (Lipinski definition) is 4. The first-order valence-corrected chi connectivity index (χ1v) is 6.96. The van der Waals surface area contributed by atoms with Crippen LogP contribution in [-0.4, -0.2) is 37.6 Å². The van der Waals surface area contributed by atoms with Crippen LogP contribution in [0.5, 0.6) is 5.75 Å². The Bertz CT molecular complexity index is 481. The number of nitrogens with zero attached hydrogens (tertiary/aromatic N) is 1. The first-order chi connectivity index (χ1) is 9.22. The van der Waals surface area contributed by atoms with Gasteiger partial charge in [-0.05, 0) is 37.9 Å². The van der Waals surface area contributed by atoms with Crippen LogP contribution in [0, 0.1) is 5.41 Å². The number of phenolic OH excluding ortho intramolecular Hbond substituents is 1. The number of anilines is 1. The monoisotopic (exact) mass is 260 g/mol. The summed E-state index contributed by atoms with van der Waals surface area (Å²) in [5.74, 6) is 0.0803. The zero-order valence-electron chi connectivity index (χ0n) is 11.1. The van der Waals surface area contributed by atoms with Crippen LogP contribution in [0.15, 0.2) is 18.2 Å². The lowest BCUT2D eigenvalue weighted by molar-refractivity contribution is 0.112. The highest BCUT2D eigenvalue weighted by Crippen LogP contribution is 2.38. The van der Waals surface area contributed by atoms with Crippen molar-refractivity contribution < 1.29 is 9.90 Å². The molecule has 1 spiro atoms. The van der Waals surface area contributed by atoms with E-state index in [2.05, 4.69) is 10.2 Å². The lowest BCUT2D eigenvalue weighted by atomic mass is 9.79. The van der Waals surface area contributed by atoms with Gasteiger partial charge in [-0.1, -0.05) is 0 Å². The number of phenols is 1. The average molecular weight is 260 g/mol. The summed E-state index contributed by atoms with van der Waals surface area (Å²) >= 11 is 0. The highest BCUT2D eigenvalue weighted by atomic mass is 16.3. The van der Waals surface area contributed by atoms with Crippen LogP contribution in [0.4, 0.5) is 5.69 Å². The molecule has 0 amide bonds. The number of piperidine rings is 1.